The standard InChI is InChI=1S/C13H18F2N2/c1-3-13(2)9-17(8-7-16-13)11-6-4-5-10(14)12(11)15/h4-6,16H,3,7-9H2,1-2H3. The van der Waals surface area contributed by atoms with Gasteiger partial charge in [0.1, 0.15) is 0 Å². The highest BCUT2D eigenvalue weighted by molar-refractivity contribution is 5.49. The van der Waals surface area contributed by atoms with Crippen molar-refractivity contribution in [1.82, 2.24) is 5.32 Å². The molecule has 0 aliphatic carbocycles. The van der Waals surface area contributed by atoms with Crippen molar-refractivity contribution in [2.45, 2.75) is 25.8 Å². The Morgan fingerprint density at radius 3 is 2.88 bits per heavy atom. The van der Waals surface area contributed by atoms with Gasteiger partial charge in [0, 0.05) is 25.2 Å². The Bertz CT molecular complexity index is 408. The molecule has 2 nitrogen and oxygen atoms in total. The van der Waals surface area contributed by atoms with Crippen LogP contribution in [0.2, 0.25) is 0 Å². The molecule has 0 bridgehead atoms. The number of anilines is 1. The van der Waals surface area contributed by atoms with Gasteiger partial charge in [0.15, 0.2) is 11.6 Å². The molecule has 0 radical (unpaired) electrons. The van der Waals surface area contributed by atoms with E-state index in [0.717, 1.165) is 19.0 Å². The van der Waals surface area contributed by atoms with Gasteiger partial charge in [-0.15, -0.1) is 0 Å². The van der Waals surface area contributed by atoms with Crippen molar-refractivity contribution in [2.75, 3.05) is 24.5 Å². The van der Waals surface area contributed by atoms with Gasteiger partial charge in [-0.1, -0.05) is 13.0 Å². The molecule has 1 saturated heterocycles. The van der Waals surface area contributed by atoms with Gasteiger partial charge in [0.2, 0.25) is 0 Å². The third-order valence-electron chi connectivity index (χ3n) is 3.53. The molecule has 4 heteroatoms. The van der Waals surface area contributed by atoms with Crippen LogP contribution in [0.5, 0.6) is 0 Å². The van der Waals surface area contributed by atoms with E-state index in [1.165, 1.54) is 0 Å². The zero-order chi connectivity index (χ0) is 12.5. The molecule has 2 rings (SSSR count). The van der Waals surface area contributed by atoms with Gasteiger partial charge in [-0.05, 0) is 25.5 Å². The quantitative estimate of drug-likeness (QED) is 0.854. The number of nitrogens with one attached hydrogen (secondary N) is 1. The maximum Gasteiger partial charge on any atom is 0.182 e. The number of nitrogens with zero attached hydrogens (tertiary/aromatic N) is 1. The van der Waals surface area contributed by atoms with Crippen molar-refractivity contribution in [2.24, 2.45) is 0 Å². The van der Waals surface area contributed by atoms with Gasteiger partial charge < -0.3 is 10.2 Å². The van der Waals surface area contributed by atoms with E-state index >= 15 is 0 Å². The van der Waals surface area contributed by atoms with Crippen LogP contribution in [-0.2, 0) is 0 Å². The summed E-state index contributed by atoms with van der Waals surface area (Å²) in [5, 5.41) is 3.42. The molecule has 1 unspecified atom stereocenters. The predicted molar refractivity (Wildman–Crippen MR) is 65.3 cm³/mol. The van der Waals surface area contributed by atoms with E-state index in [4.69, 9.17) is 0 Å². The van der Waals surface area contributed by atoms with Crippen LogP contribution in [0, 0.1) is 11.6 Å². The summed E-state index contributed by atoms with van der Waals surface area (Å²) in [5.41, 5.74) is 0.336. The van der Waals surface area contributed by atoms with Gasteiger partial charge in [-0.2, -0.15) is 0 Å². The van der Waals surface area contributed by atoms with E-state index < -0.39 is 11.6 Å². The van der Waals surface area contributed by atoms with Crippen molar-refractivity contribution >= 4 is 5.69 Å². The number of benzene rings is 1. The molecule has 0 amide bonds. The van der Waals surface area contributed by atoms with Crippen molar-refractivity contribution in [3.63, 3.8) is 0 Å². The molecule has 94 valence electrons. The number of halogens is 2. The second-order valence-electron chi connectivity index (χ2n) is 4.84. The SMILES string of the molecule is CCC1(C)CN(c2cccc(F)c2F)CCN1. The van der Waals surface area contributed by atoms with Gasteiger partial charge >= 0.3 is 0 Å². The minimum absolute atomic E-state index is 0.0307. The molecule has 0 spiro atoms. The molecular weight excluding hydrogens is 222 g/mol. The molecular formula is C13H18F2N2. The fourth-order valence-electron chi connectivity index (χ4n) is 2.23. The summed E-state index contributed by atoms with van der Waals surface area (Å²) in [5.74, 6) is -1.52. The summed E-state index contributed by atoms with van der Waals surface area (Å²) in [4.78, 5) is 1.92. The fourth-order valence-corrected chi connectivity index (χ4v) is 2.23. The predicted octanol–water partition coefficient (Wildman–Crippen LogP) is 2.54. The van der Waals surface area contributed by atoms with Crippen LogP contribution >= 0.6 is 0 Å². The third-order valence-corrected chi connectivity index (χ3v) is 3.53. The lowest BCUT2D eigenvalue weighted by molar-refractivity contribution is 0.312. The topological polar surface area (TPSA) is 15.3 Å². The lowest BCUT2D eigenvalue weighted by atomic mass is 9.95. The summed E-state index contributed by atoms with van der Waals surface area (Å²) in [6, 6.07) is 4.35. The lowest BCUT2D eigenvalue weighted by Crippen LogP contribution is -2.58. The largest absolute Gasteiger partial charge is 0.366 e. The second kappa shape index (κ2) is 4.61. The van der Waals surface area contributed by atoms with E-state index in [9.17, 15) is 8.78 Å². The smallest absolute Gasteiger partial charge is 0.182 e. The van der Waals surface area contributed by atoms with E-state index in [1.54, 1.807) is 12.1 Å². The summed E-state index contributed by atoms with van der Waals surface area (Å²) in [7, 11) is 0. The van der Waals surface area contributed by atoms with Crippen molar-refractivity contribution in [3.05, 3.63) is 29.8 Å². The minimum Gasteiger partial charge on any atom is -0.366 e. The first-order valence-corrected chi connectivity index (χ1v) is 6.00. The number of hydrogen-bond donors (Lipinski definition) is 1. The van der Waals surface area contributed by atoms with E-state index in [0.29, 0.717) is 18.8 Å². The zero-order valence-corrected chi connectivity index (χ0v) is 10.3. The highest BCUT2D eigenvalue weighted by Gasteiger charge is 2.30. The molecule has 1 aliphatic heterocycles. The van der Waals surface area contributed by atoms with Crippen LogP contribution in [0.4, 0.5) is 14.5 Å². The van der Waals surface area contributed by atoms with Crippen LogP contribution in [0.25, 0.3) is 0 Å². The molecule has 1 heterocycles. The van der Waals surface area contributed by atoms with Gasteiger partial charge in [0.05, 0.1) is 5.69 Å². The number of piperazine rings is 1. The average molecular weight is 240 g/mol. The first-order chi connectivity index (χ1) is 8.06. The maximum atomic E-state index is 13.7. The van der Waals surface area contributed by atoms with Crippen LogP contribution in [0.1, 0.15) is 20.3 Å². The highest BCUT2D eigenvalue weighted by atomic mass is 19.2. The number of hydrogen-bond acceptors (Lipinski definition) is 2. The summed E-state index contributed by atoms with van der Waals surface area (Å²) in [6.07, 6.45) is 0.959. The molecule has 1 N–H and O–H groups in total. The number of rotatable bonds is 2. The van der Waals surface area contributed by atoms with Crippen LogP contribution < -0.4 is 10.2 Å². The van der Waals surface area contributed by atoms with Crippen LogP contribution in [-0.4, -0.2) is 25.2 Å². The fraction of sp³-hybridized carbons (Fsp3) is 0.538. The third kappa shape index (κ3) is 2.41. The molecule has 0 aromatic heterocycles. The summed E-state index contributed by atoms with van der Waals surface area (Å²) < 4.78 is 26.9. The molecule has 1 atom stereocenters. The van der Waals surface area contributed by atoms with E-state index in [2.05, 4.69) is 19.2 Å². The Morgan fingerprint density at radius 1 is 1.41 bits per heavy atom. The monoisotopic (exact) mass is 240 g/mol. The molecule has 17 heavy (non-hydrogen) atoms. The maximum absolute atomic E-state index is 13.7. The van der Waals surface area contributed by atoms with Crippen molar-refractivity contribution in [1.29, 1.82) is 0 Å². The first-order valence-electron chi connectivity index (χ1n) is 6.00. The van der Waals surface area contributed by atoms with Crippen LogP contribution in [0.3, 0.4) is 0 Å². The Balaban J connectivity index is 2.25. The van der Waals surface area contributed by atoms with Crippen molar-refractivity contribution in [3.8, 4) is 0 Å². The zero-order valence-electron chi connectivity index (χ0n) is 10.3. The summed E-state index contributed by atoms with van der Waals surface area (Å²) >= 11 is 0. The van der Waals surface area contributed by atoms with Crippen molar-refractivity contribution < 1.29 is 8.78 Å². The lowest BCUT2D eigenvalue weighted by Gasteiger charge is -2.42. The Morgan fingerprint density at radius 2 is 2.18 bits per heavy atom. The summed E-state index contributed by atoms with van der Waals surface area (Å²) in [6.45, 7) is 6.40. The first kappa shape index (κ1) is 12.3. The van der Waals surface area contributed by atoms with Crippen LogP contribution in [0.15, 0.2) is 18.2 Å². The second-order valence-corrected chi connectivity index (χ2v) is 4.84. The molecule has 0 saturated carbocycles. The average Bonchev–Trinajstić information content (AvgIpc) is 2.33. The minimum atomic E-state index is -0.778. The Kier molecular flexibility index (Phi) is 3.33. The molecule has 1 aromatic carbocycles. The Hall–Kier alpha value is -1.16. The van der Waals surface area contributed by atoms with Gasteiger partial charge in [-0.25, -0.2) is 8.78 Å². The Labute approximate surface area is 101 Å². The highest BCUT2D eigenvalue weighted by Crippen LogP contribution is 2.25. The van der Waals surface area contributed by atoms with Gasteiger partial charge in [0.25, 0.3) is 0 Å². The molecule has 1 aliphatic rings. The molecule has 1 fully saturated rings. The van der Waals surface area contributed by atoms with E-state index in [-0.39, 0.29) is 5.54 Å². The normalized spacial score (nSPS) is 25.1. The van der Waals surface area contributed by atoms with E-state index in [1.807, 2.05) is 4.90 Å². The van der Waals surface area contributed by atoms with Gasteiger partial charge in [-0.3, -0.25) is 0 Å². The molecule has 1 aromatic rings.